The number of hydrogen-bond donors (Lipinski definition) is 4. The summed E-state index contributed by atoms with van der Waals surface area (Å²) < 4.78 is 0. The highest BCUT2D eigenvalue weighted by atomic mass is 35.5. The van der Waals surface area contributed by atoms with Gasteiger partial charge in [0.2, 0.25) is 0 Å². The Morgan fingerprint density at radius 2 is 2.18 bits per heavy atom. The minimum atomic E-state index is -0.0959. The van der Waals surface area contributed by atoms with E-state index >= 15 is 0 Å². The van der Waals surface area contributed by atoms with Gasteiger partial charge in [0.15, 0.2) is 11.7 Å². The molecule has 7 N–H and O–H groups in total. The second-order valence-electron chi connectivity index (χ2n) is 3.76. The van der Waals surface area contributed by atoms with E-state index < -0.39 is 0 Å². The molecule has 1 atom stereocenters. The fourth-order valence-corrected chi connectivity index (χ4v) is 1.53. The third-order valence-corrected chi connectivity index (χ3v) is 2.68. The molecule has 0 heterocycles. The van der Waals surface area contributed by atoms with Crippen LogP contribution in [0.5, 0.6) is 5.75 Å². The lowest BCUT2D eigenvalue weighted by Gasteiger charge is -2.08. The van der Waals surface area contributed by atoms with E-state index in [1.807, 2.05) is 6.92 Å². The summed E-state index contributed by atoms with van der Waals surface area (Å²) in [6, 6.07) is 5.01. The Morgan fingerprint density at radius 3 is 2.76 bits per heavy atom. The fraction of sp³-hybridized carbons (Fsp3) is 0.273. The molecule has 0 radical (unpaired) electrons. The Morgan fingerprint density at radius 1 is 1.53 bits per heavy atom. The number of nitrogens with zero attached hydrogens (tertiary/aromatic N) is 1. The Labute approximate surface area is 105 Å². The average molecular weight is 256 g/mol. The van der Waals surface area contributed by atoms with Gasteiger partial charge in [0.25, 0.3) is 0 Å². The monoisotopic (exact) mass is 255 g/mol. The van der Waals surface area contributed by atoms with Gasteiger partial charge in [0, 0.05) is 0 Å². The van der Waals surface area contributed by atoms with Crippen molar-refractivity contribution in [3.63, 3.8) is 0 Å². The quantitative estimate of drug-likeness (QED) is 0.430. The molecule has 1 unspecified atom stereocenters. The molecule has 0 bridgehead atoms. The molecule has 0 spiro atoms. The lowest BCUT2D eigenvalue weighted by atomic mass is 9.98. The molecule has 0 aliphatic carbocycles. The molecule has 0 amide bonds. The number of rotatable bonds is 4. The van der Waals surface area contributed by atoms with Crippen LogP contribution in [-0.4, -0.2) is 23.3 Å². The van der Waals surface area contributed by atoms with Crippen molar-refractivity contribution in [3.8, 4) is 5.75 Å². The molecule has 0 aliphatic rings. The SMILES string of the molecule is CC(CN=C(N)N)C(=[NH2+])c1cccc(Cl)c1O. The Kier molecular flexibility index (Phi) is 4.34. The number of halogens is 1. The van der Waals surface area contributed by atoms with E-state index in [-0.39, 0.29) is 22.6 Å². The summed E-state index contributed by atoms with van der Waals surface area (Å²) in [6.07, 6.45) is 0. The van der Waals surface area contributed by atoms with Crippen LogP contribution >= 0.6 is 11.6 Å². The van der Waals surface area contributed by atoms with Gasteiger partial charge in [-0.05, 0) is 12.1 Å². The third kappa shape index (κ3) is 3.35. The summed E-state index contributed by atoms with van der Waals surface area (Å²) >= 11 is 5.80. The molecule has 17 heavy (non-hydrogen) atoms. The van der Waals surface area contributed by atoms with Crippen molar-refractivity contribution in [1.29, 1.82) is 0 Å². The third-order valence-electron chi connectivity index (χ3n) is 2.38. The number of hydrogen-bond acceptors (Lipinski definition) is 2. The van der Waals surface area contributed by atoms with Crippen LogP contribution in [0, 0.1) is 5.92 Å². The minimum absolute atomic E-state index is 0.0139. The second-order valence-corrected chi connectivity index (χ2v) is 4.17. The number of para-hydroxylation sites is 1. The summed E-state index contributed by atoms with van der Waals surface area (Å²) in [6.45, 7) is 2.22. The van der Waals surface area contributed by atoms with E-state index in [0.717, 1.165) is 0 Å². The molecule has 0 aromatic heterocycles. The number of nitrogens with two attached hydrogens (primary N) is 3. The smallest absolute Gasteiger partial charge is 0.188 e. The normalized spacial score (nSPS) is 11.9. The van der Waals surface area contributed by atoms with Crippen LogP contribution < -0.4 is 16.9 Å². The standard InChI is InChI=1S/C11H15ClN4O/c1-6(5-16-11(14)15)9(13)7-3-2-4-8(12)10(7)17/h2-4,6,13,17H,5H2,1H3,(H4,14,15,16)/p+1. The van der Waals surface area contributed by atoms with Crippen molar-refractivity contribution in [1.82, 2.24) is 0 Å². The molecule has 1 rings (SSSR count). The van der Waals surface area contributed by atoms with E-state index in [1.54, 1.807) is 18.2 Å². The van der Waals surface area contributed by atoms with Gasteiger partial charge in [0.1, 0.15) is 5.75 Å². The summed E-state index contributed by atoms with van der Waals surface area (Å²) in [4.78, 5) is 3.88. The van der Waals surface area contributed by atoms with Crippen molar-refractivity contribution < 1.29 is 10.5 Å². The van der Waals surface area contributed by atoms with E-state index in [1.165, 1.54) is 0 Å². The number of benzene rings is 1. The summed E-state index contributed by atoms with van der Waals surface area (Å²) in [5.41, 5.74) is 11.5. The van der Waals surface area contributed by atoms with Crippen LogP contribution in [-0.2, 0) is 0 Å². The molecule has 5 nitrogen and oxygen atoms in total. The predicted molar refractivity (Wildman–Crippen MR) is 69.0 cm³/mol. The summed E-state index contributed by atoms with van der Waals surface area (Å²) in [7, 11) is 0. The van der Waals surface area contributed by atoms with Gasteiger partial charge in [-0.15, -0.1) is 0 Å². The first-order valence-corrected chi connectivity index (χ1v) is 5.46. The van der Waals surface area contributed by atoms with Crippen molar-refractivity contribution in [2.45, 2.75) is 6.92 Å². The van der Waals surface area contributed by atoms with Crippen LogP contribution in [0.1, 0.15) is 12.5 Å². The van der Waals surface area contributed by atoms with Crippen LogP contribution in [0.25, 0.3) is 0 Å². The first kappa shape index (κ1) is 13.3. The minimum Gasteiger partial charge on any atom is -0.506 e. The molecule has 0 fully saturated rings. The van der Waals surface area contributed by atoms with Gasteiger partial charge >= 0.3 is 0 Å². The Balaban J connectivity index is 2.89. The van der Waals surface area contributed by atoms with Gasteiger partial charge in [0.05, 0.1) is 23.0 Å². The zero-order valence-corrected chi connectivity index (χ0v) is 10.3. The number of guanidine groups is 1. The van der Waals surface area contributed by atoms with E-state index in [9.17, 15) is 5.11 Å². The number of aliphatic imine (C=N–C) groups is 1. The highest BCUT2D eigenvalue weighted by Gasteiger charge is 2.20. The number of phenols is 1. The van der Waals surface area contributed by atoms with Crippen LogP contribution in [0.3, 0.4) is 0 Å². The number of aromatic hydroxyl groups is 1. The van der Waals surface area contributed by atoms with Gasteiger partial charge in [-0.1, -0.05) is 24.6 Å². The lowest BCUT2D eigenvalue weighted by molar-refractivity contribution is -0.118. The van der Waals surface area contributed by atoms with Crippen molar-refractivity contribution >= 4 is 23.3 Å². The van der Waals surface area contributed by atoms with E-state index in [0.29, 0.717) is 17.8 Å². The lowest BCUT2D eigenvalue weighted by Crippen LogP contribution is -2.45. The van der Waals surface area contributed by atoms with Crippen LogP contribution in [0.15, 0.2) is 23.2 Å². The Hall–Kier alpha value is -1.75. The first-order valence-electron chi connectivity index (χ1n) is 5.09. The average Bonchev–Trinajstić information content (AvgIpc) is 2.28. The predicted octanol–water partition coefficient (Wildman–Crippen LogP) is -0.497. The van der Waals surface area contributed by atoms with Crippen LogP contribution in [0.4, 0.5) is 0 Å². The fourth-order valence-electron chi connectivity index (χ4n) is 1.35. The first-order chi connectivity index (χ1) is 7.93. The molecule has 92 valence electrons. The zero-order valence-electron chi connectivity index (χ0n) is 9.52. The highest BCUT2D eigenvalue weighted by Crippen LogP contribution is 2.27. The molecule has 1 aromatic carbocycles. The molecule has 0 saturated carbocycles. The van der Waals surface area contributed by atoms with E-state index in [4.69, 9.17) is 28.5 Å². The second kappa shape index (κ2) is 5.54. The topological polar surface area (TPSA) is 110 Å². The summed E-state index contributed by atoms with van der Waals surface area (Å²) in [5.74, 6) is -0.107. The molecule has 6 heteroatoms. The molecular formula is C11H16ClN4O+. The zero-order chi connectivity index (χ0) is 13.0. The van der Waals surface area contributed by atoms with E-state index in [2.05, 4.69) is 4.99 Å². The molecule has 0 saturated heterocycles. The van der Waals surface area contributed by atoms with Crippen molar-refractivity contribution in [2.75, 3.05) is 6.54 Å². The van der Waals surface area contributed by atoms with Gasteiger partial charge in [-0.25, -0.2) is 0 Å². The van der Waals surface area contributed by atoms with Crippen molar-refractivity contribution in [3.05, 3.63) is 28.8 Å². The summed E-state index contributed by atoms with van der Waals surface area (Å²) in [5, 5.41) is 16.0. The molecule has 0 aliphatic heterocycles. The van der Waals surface area contributed by atoms with Gasteiger partial charge in [-0.3, -0.25) is 10.4 Å². The largest absolute Gasteiger partial charge is 0.506 e. The molecule has 1 aromatic rings. The Bertz CT molecular complexity index is 455. The van der Waals surface area contributed by atoms with Crippen molar-refractivity contribution in [2.24, 2.45) is 22.4 Å². The van der Waals surface area contributed by atoms with Gasteiger partial charge < -0.3 is 16.6 Å². The maximum Gasteiger partial charge on any atom is 0.188 e. The van der Waals surface area contributed by atoms with Gasteiger partial charge in [-0.2, -0.15) is 0 Å². The maximum atomic E-state index is 9.78. The maximum absolute atomic E-state index is 9.78. The number of phenolic OH excluding ortho intramolecular Hbond substituents is 1. The van der Waals surface area contributed by atoms with Crippen LogP contribution in [0.2, 0.25) is 5.02 Å². The highest BCUT2D eigenvalue weighted by molar-refractivity contribution is 6.32. The molecular weight excluding hydrogens is 240 g/mol.